The van der Waals surface area contributed by atoms with E-state index >= 15 is 0 Å². The van der Waals surface area contributed by atoms with Gasteiger partial charge in [-0.05, 0) is 36.1 Å². The molecule has 3 unspecified atom stereocenters. The molecule has 0 radical (unpaired) electrons. The molecule has 2 aromatic rings. The van der Waals surface area contributed by atoms with Crippen molar-refractivity contribution < 1.29 is 14.4 Å². The van der Waals surface area contributed by atoms with Crippen LogP contribution in [0.3, 0.4) is 0 Å². The lowest BCUT2D eigenvalue weighted by Gasteiger charge is -2.29. The molecule has 156 valence electrons. The Morgan fingerprint density at radius 3 is 2.63 bits per heavy atom. The van der Waals surface area contributed by atoms with Gasteiger partial charge in [0, 0.05) is 37.2 Å². The van der Waals surface area contributed by atoms with E-state index in [9.17, 15) is 14.4 Å². The van der Waals surface area contributed by atoms with E-state index < -0.39 is 11.9 Å². The van der Waals surface area contributed by atoms with Crippen LogP contribution in [0.15, 0.2) is 48.5 Å². The summed E-state index contributed by atoms with van der Waals surface area (Å²) in [6, 6.07) is 15.2. The van der Waals surface area contributed by atoms with Crippen molar-refractivity contribution in [1.29, 1.82) is 0 Å². The Morgan fingerprint density at radius 1 is 1.17 bits per heavy atom. The maximum absolute atomic E-state index is 13.0. The molecule has 2 aliphatic heterocycles. The van der Waals surface area contributed by atoms with Crippen molar-refractivity contribution in [2.75, 3.05) is 0 Å². The topological polar surface area (TPSA) is 105 Å². The van der Waals surface area contributed by atoms with Gasteiger partial charge >= 0.3 is 0 Å². The smallest absolute Gasteiger partial charge is 0.255 e. The van der Waals surface area contributed by atoms with Crippen molar-refractivity contribution in [3.05, 3.63) is 70.8 Å². The van der Waals surface area contributed by atoms with Crippen LogP contribution in [0, 0.1) is 0 Å². The van der Waals surface area contributed by atoms with Crippen molar-refractivity contribution in [2.24, 2.45) is 5.73 Å². The summed E-state index contributed by atoms with van der Waals surface area (Å²) in [6.07, 6.45) is 0.621. The van der Waals surface area contributed by atoms with E-state index in [1.54, 1.807) is 4.90 Å². The van der Waals surface area contributed by atoms with Crippen LogP contribution in [-0.2, 0) is 22.7 Å². The second kappa shape index (κ2) is 8.38. The zero-order valence-corrected chi connectivity index (χ0v) is 16.9. The van der Waals surface area contributed by atoms with Crippen LogP contribution in [0.2, 0.25) is 0 Å². The van der Waals surface area contributed by atoms with Crippen LogP contribution >= 0.6 is 0 Å². The molecule has 0 saturated carbocycles. The Balaban J connectivity index is 1.47. The molecule has 3 atom stereocenters. The van der Waals surface area contributed by atoms with Crippen LogP contribution < -0.4 is 16.4 Å². The minimum Gasteiger partial charge on any atom is -0.326 e. The van der Waals surface area contributed by atoms with Crippen LogP contribution in [0.4, 0.5) is 0 Å². The summed E-state index contributed by atoms with van der Waals surface area (Å²) in [5, 5.41) is 5.82. The van der Waals surface area contributed by atoms with Crippen molar-refractivity contribution in [1.82, 2.24) is 15.5 Å². The number of nitrogens with one attached hydrogen (secondary N) is 2. The first-order valence-corrected chi connectivity index (χ1v) is 10.2. The van der Waals surface area contributed by atoms with Gasteiger partial charge in [0.05, 0.1) is 0 Å². The van der Waals surface area contributed by atoms with Gasteiger partial charge in [0.25, 0.3) is 5.91 Å². The Kier molecular flexibility index (Phi) is 5.65. The SMILES string of the molecule is CC(N)C(NCc1ccc2c(c1)C(=O)N(C1CCC(=O)NC1=O)C2)c1ccccc1. The molecule has 0 spiro atoms. The van der Waals surface area contributed by atoms with E-state index in [-0.39, 0.29) is 30.3 Å². The van der Waals surface area contributed by atoms with E-state index in [1.165, 1.54) is 0 Å². The molecule has 4 N–H and O–H groups in total. The molecular weight excluding hydrogens is 380 g/mol. The second-order valence-corrected chi connectivity index (χ2v) is 8.02. The van der Waals surface area contributed by atoms with Gasteiger partial charge in [-0.25, -0.2) is 0 Å². The van der Waals surface area contributed by atoms with E-state index in [0.29, 0.717) is 25.1 Å². The fraction of sp³-hybridized carbons (Fsp3) is 0.348. The van der Waals surface area contributed by atoms with Crippen molar-refractivity contribution >= 4 is 17.7 Å². The number of piperidine rings is 1. The number of benzene rings is 2. The highest BCUT2D eigenvalue weighted by Gasteiger charge is 2.39. The third kappa shape index (κ3) is 3.99. The van der Waals surface area contributed by atoms with Gasteiger partial charge in [-0.2, -0.15) is 0 Å². The molecule has 30 heavy (non-hydrogen) atoms. The molecule has 1 fully saturated rings. The Morgan fingerprint density at radius 2 is 1.93 bits per heavy atom. The largest absolute Gasteiger partial charge is 0.326 e. The van der Waals surface area contributed by atoms with Gasteiger partial charge in [0.2, 0.25) is 11.8 Å². The van der Waals surface area contributed by atoms with Crippen molar-refractivity contribution in [3.63, 3.8) is 0 Å². The number of carbonyl (C=O) groups is 3. The van der Waals surface area contributed by atoms with Crippen molar-refractivity contribution in [2.45, 2.75) is 51.0 Å². The normalized spacial score (nSPS) is 20.7. The van der Waals surface area contributed by atoms with Crippen LogP contribution in [0.1, 0.15) is 52.9 Å². The third-order valence-corrected chi connectivity index (χ3v) is 5.80. The lowest BCUT2D eigenvalue weighted by atomic mass is 10.00. The molecule has 2 aliphatic rings. The number of nitrogens with two attached hydrogens (primary N) is 1. The standard InChI is InChI=1S/C23H26N4O3/c1-14(24)21(16-5-3-2-4-6-16)25-12-15-7-8-17-13-27(23(30)18(17)11-15)19-9-10-20(28)26-22(19)29/h2-8,11,14,19,21,25H,9-10,12-13,24H2,1H3,(H,26,28,29). The molecule has 7 nitrogen and oxygen atoms in total. The number of carbonyl (C=O) groups excluding carboxylic acids is 3. The van der Waals surface area contributed by atoms with Gasteiger partial charge < -0.3 is 16.0 Å². The summed E-state index contributed by atoms with van der Waals surface area (Å²) < 4.78 is 0. The highest BCUT2D eigenvalue weighted by atomic mass is 16.2. The van der Waals surface area contributed by atoms with Crippen LogP contribution in [-0.4, -0.2) is 34.7 Å². The molecule has 2 aromatic carbocycles. The van der Waals surface area contributed by atoms with Gasteiger partial charge in [-0.3, -0.25) is 19.7 Å². The lowest BCUT2D eigenvalue weighted by molar-refractivity contribution is -0.136. The third-order valence-electron chi connectivity index (χ3n) is 5.80. The number of nitrogens with zero attached hydrogens (tertiary/aromatic N) is 1. The predicted molar refractivity (Wildman–Crippen MR) is 112 cm³/mol. The number of imide groups is 1. The summed E-state index contributed by atoms with van der Waals surface area (Å²) >= 11 is 0. The molecule has 2 heterocycles. The second-order valence-electron chi connectivity index (χ2n) is 8.02. The quantitative estimate of drug-likeness (QED) is 0.633. The minimum absolute atomic E-state index is 0.00451. The van der Waals surface area contributed by atoms with E-state index in [0.717, 1.165) is 16.7 Å². The zero-order chi connectivity index (χ0) is 21.3. The summed E-state index contributed by atoms with van der Waals surface area (Å²) in [5.41, 5.74) is 9.81. The highest BCUT2D eigenvalue weighted by molar-refractivity contribution is 6.05. The Hall–Kier alpha value is -3.03. The number of hydrogen-bond donors (Lipinski definition) is 3. The number of amides is 3. The zero-order valence-electron chi connectivity index (χ0n) is 16.9. The van der Waals surface area contributed by atoms with E-state index in [2.05, 4.69) is 10.6 Å². The summed E-state index contributed by atoms with van der Waals surface area (Å²) in [6.45, 7) is 2.93. The van der Waals surface area contributed by atoms with Crippen LogP contribution in [0.25, 0.3) is 0 Å². The lowest BCUT2D eigenvalue weighted by Crippen LogP contribution is -2.52. The maximum atomic E-state index is 13.0. The van der Waals surface area contributed by atoms with Crippen molar-refractivity contribution in [3.8, 4) is 0 Å². The average Bonchev–Trinajstić information content (AvgIpc) is 3.05. The van der Waals surface area contributed by atoms with Gasteiger partial charge in [-0.1, -0.05) is 42.5 Å². The minimum atomic E-state index is -0.593. The molecule has 3 amide bonds. The number of hydrogen-bond acceptors (Lipinski definition) is 5. The summed E-state index contributed by atoms with van der Waals surface area (Å²) in [7, 11) is 0. The fourth-order valence-corrected chi connectivity index (χ4v) is 4.21. The molecule has 0 aromatic heterocycles. The van der Waals surface area contributed by atoms with E-state index in [1.807, 2.05) is 55.5 Å². The molecular formula is C23H26N4O3. The predicted octanol–water partition coefficient (Wildman–Crippen LogP) is 1.63. The molecule has 0 aliphatic carbocycles. The summed E-state index contributed by atoms with van der Waals surface area (Å²) in [4.78, 5) is 38.1. The first-order valence-electron chi connectivity index (χ1n) is 10.2. The van der Waals surface area contributed by atoms with Gasteiger partial charge in [0.15, 0.2) is 0 Å². The first kappa shape index (κ1) is 20.3. The maximum Gasteiger partial charge on any atom is 0.255 e. The molecule has 7 heteroatoms. The summed E-state index contributed by atoms with van der Waals surface area (Å²) in [5.74, 6) is -0.832. The number of fused-ring (bicyclic) bond motifs is 1. The molecule has 4 rings (SSSR count). The molecule has 0 bridgehead atoms. The number of rotatable bonds is 6. The molecule has 1 saturated heterocycles. The van der Waals surface area contributed by atoms with Gasteiger partial charge in [-0.15, -0.1) is 0 Å². The first-order chi connectivity index (χ1) is 14.4. The monoisotopic (exact) mass is 406 g/mol. The fourth-order valence-electron chi connectivity index (χ4n) is 4.21. The Labute approximate surface area is 175 Å². The van der Waals surface area contributed by atoms with E-state index in [4.69, 9.17) is 5.73 Å². The Bertz CT molecular complexity index is 974. The highest BCUT2D eigenvalue weighted by Crippen LogP contribution is 2.28. The average molecular weight is 406 g/mol. The van der Waals surface area contributed by atoms with Crippen LogP contribution in [0.5, 0.6) is 0 Å². The van der Waals surface area contributed by atoms with Gasteiger partial charge in [0.1, 0.15) is 6.04 Å².